The lowest BCUT2D eigenvalue weighted by molar-refractivity contribution is -0.140. The summed E-state index contributed by atoms with van der Waals surface area (Å²) < 4.78 is 0.931. The van der Waals surface area contributed by atoms with Crippen LogP contribution in [0.3, 0.4) is 0 Å². The van der Waals surface area contributed by atoms with Crippen LogP contribution in [-0.2, 0) is 22.6 Å². The highest BCUT2D eigenvalue weighted by molar-refractivity contribution is 9.10. The molecule has 0 aliphatic rings. The van der Waals surface area contributed by atoms with Gasteiger partial charge in [0.05, 0.1) is 6.42 Å². The van der Waals surface area contributed by atoms with Gasteiger partial charge in [0.25, 0.3) is 0 Å². The molecule has 0 saturated carbocycles. The highest BCUT2D eigenvalue weighted by atomic mass is 79.9. The van der Waals surface area contributed by atoms with Crippen molar-refractivity contribution in [3.05, 3.63) is 69.2 Å². The maximum Gasteiger partial charge on any atom is 0.242 e. The zero-order valence-corrected chi connectivity index (χ0v) is 18.8. The number of benzene rings is 2. The van der Waals surface area contributed by atoms with Crippen molar-refractivity contribution in [2.75, 3.05) is 6.54 Å². The van der Waals surface area contributed by atoms with Gasteiger partial charge in [-0.3, -0.25) is 9.59 Å². The van der Waals surface area contributed by atoms with E-state index < -0.39 is 6.04 Å². The summed E-state index contributed by atoms with van der Waals surface area (Å²) in [4.78, 5) is 27.4. The van der Waals surface area contributed by atoms with Gasteiger partial charge >= 0.3 is 0 Å². The molecule has 0 fully saturated rings. The molecule has 0 saturated heterocycles. The van der Waals surface area contributed by atoms with E-state index in [1.807, 2.05) is 56.3 Å². The molecule has 0 unspecified atom stereocenters. The van der Waals surface area contributed by atoms with Gasteiger partial charge in [-0.15, -0.1) is 0 Å². The molecule has 0 spiro atoms. The van der Waals surface area contributed by atoms with Crippen molar-refractivity contribution in [2.24, 2.45) is 5.92 Å². The summed E-state index contributed by atoms with van der Waals surface area (Å²) in [5.41, 5.74) is 1.70. The predicted octanol–water partition coefficient (Wildman–Crippen LogP) is 4.83. The van der Waals surface area contributed by atoms with Crippen LogP contribution < -0.4 is 5.32 Å². The minimum atomic E-state index is -0.590. The molecule has 2 rings (SSSR count). The van der Waals surface area contributed by atoms with Gasteiger partial charge in [-0.2, -0.15) is 0 Å². The first kappa shape index (κ1) is 22.4. The van der Waals surface area contributed by atoms with Crippen LogP contribution in [0, 0.1) is 5.92 Å². The van der Waals surface area contributed by atoms with Crippen LogP contribution >= 0.6 is 27.5 Å². The van der Waals surface area contributed by atoms with Crippen LogP contribution in [0.2, 0.25) is 5.02 Å². The third kappa shape index (κ3) is 6.64. The van der Waals surface area contributed by atoms with Crippen molar-refractivity contribution < 1.29 is 9.59 Å². The zero-order valence-electron chi connectivity index (χ0n) is 16.4. The van der Waals surface area contributed by atoms with E-state index >= 15 is 0 Å². The monoisotopic (exact) mass is 464 g/mol. The van der Waals surface area contributed by atoms with Crippen LogP contribution in [-0.4, -0.2) is 29.3 Å². The van der Waals surface area contributed by atoms with Crippen molar-refractivity contribution in [1.82, 2.24) is 10.2 Å². The van der Waals surface area contributed by atoms with E-state index in [4.69, 9.17) is 11.6 Å². The van der Waals surface area contributed by atoms with Gasteiger partial charge in [0.1, 0.15) is 6.04 Å². The first-order valence-corrected chi connectivity index (χ1v) is 10.5. The molecule has 0 bridgehead atoms. The van der Waals surface area contributed by atoms with E-state index in [-0.39, 0.29) is 18.2 Å². The lowest BCUT2D eigenvalue weighted by Gasteiger charge is -2.29. The second kappa shape index (κ2) is 10.6. The van der Waals surface area contributed by atoms with Gasteiger partial charge in [-0.25, -0.2) is 0 Å². The molecule has 0 radical (unpaired) electrons. The summed E-state index contributed by atoms with van der Waals surface area (Å²) in [6, 6.07) is 14.4. The first-order valence-electron chi connectivity index (χ1n) is 9.33. The van der Waals surface area contributed by atoms with Crippen LogP contribution in [0.1, 0.15) is 31.9 Å². The average Bonchev–Trinajstić information content (AvgIpc) is 2.65. The molecule has 0 aromatic heterocycles. The Hall–Kier alpha value is -1.85. The summed E-state index contributed by atoms with van der Waals surface area (Å²) >= 11 is 9.68. The Morgan fingerprint density at radius 2 is 1.82 bits per heavy atom. The Morgan fingerprint density at radius 1 is 1.11 bits per heavy atom. The summed E-state index contributed by atoms with van der Waals surface area (Å²) in [7, 11) is 0. The van der Waals surface area contributed by atoms with E-state index in [0.29, 0.717) is 24.0 Å². The number of carbonyl (C=O) groups is 2. The minimum absolute atomic E-state index is 0.139. The van der Waals surface area contributed by atoms with Crippen LogP contribution in [0.25, 0.3) is 0 Å². The molecule has 1 N–H and O–H groups in total. The summed E-state index contributed by atoms with van der Waals surface area (Å²) in [5.74, 6) is 0.0463. The fourth-order valence-electron chi connectivity index (χ4n) is 2.77. The molecule has 2 aromatic carbocycles. The van der Waals surface area contributed by atoms with Gasteiger partial charge in [0.2, 0.25) is 11.8 Å². The molecule has 6 heteroatoms. The highest BCUT2D eigenvalue weighted by Crippen LogP contribution is 2.19. The maximum atomic E-state index is 13.1. The van der Waals surface area contributed by atoms with Crippen LogP contribution in [0.5, 0.6) is 0 Å². The second-order valence-corrected chi connectivity index (χ2v) is 8.56. The fourth-order valence-corrected chi connectivity index (χ4v) is 3.42. The number of rotatable bonds is 8. The van der Waals surface area contributed by atoms with Gasteiger partial charge in [-0.05, 0) is 42.2 Å². The van der Waals surface area contributed by atoms with E-state index in [0.717, 1.165) is 15.6 Å². The van der Waals surface area contributed by atoms with Gasteiger partial charge in [0.15, 0.2) is 0 Å². The van der Waals surface area contributed by atoms with E-state index in [2.05, 4.69) is 21.2 Å². The Bertz CT molecular complexity index is 826. The number of hydrogen-bond donors (Lipinski definition) is 1. The Kier molecular flexibility index (Phi) is 8.52. The summed E-state index contributed by atoms with van der Waals surface area (Å²) in [5, 5.41) is 3.47. The molecule has 1 atom stereocenters. The third-order valence-electron chi connectivity index (χ3n) is 4.39. The average molecular weight is 466 g/mol. The lowest BCUT2D eigenvalue weighted by Crippen LogP contribution is -2.48. The lowest BCUT2D eigenvalue weighted by atomic mass is 10.1. The molecule has 0 aliphatic heterocycles. The van der Waals surface area contributed by atoms with Crippen molar-refractivity contribution in [2.45, 2.75) is 39.8 Å². The standard InChI is InChI=1S/C22H26BrClN2O2/c1-15(2)13-25-22(28)16(3)26(14-17-7-6-9-19(23)11-17)21(27)12-18-8-4-5-10-20(18)24/h4-11,15-16H,12-14H2,1-3H3,(H,25,28)/t16-/m1/s1. The largest absolute Gasteiger partial charge is 0.354 e. The van der Waals surface area contributed by atoms with Gasteiger partial charge < -0.3 is 10.2 Å². The molecule has 2 aromatic rings. The number of hydrogen-bond acceptors (Lipinski definition) is 2. The summed E-state index contributed by atoms with van der Waals surface area (Å²) in [6.07, 6.45) is 0.148. The summed E-state index contributed by atoms with van der Waals surface area (Å²) in [6.45, 7) is 6.75. The van der Waals surface area contributed by atoms with Crippen LogP contribution in [0.15, 0.2) is 53.0 Å². The SMILES string of the molecule is CC(C)CNC(=O)[C@@H](C)N(Cc1cccc(Br)c1)C(=O)Cc1ccccc1Cl. The smallest absolute Gasteiger partial charge is 0.242 e. The van der Waals surface area contributed by atoms with Gasteiger partial charge in [0, 0.05) is 22.6 Å². The number of amides is 2. The predicted molar refractivity (Wildman–Crippen MR) is 117 cm³/mol. The van der Waals surface area contributed by atoms with Crippen LogP contribution in [0.4, 0.5) is 0 Å². The topological polar surface area (TPSA) is 49.4 Å². The number of nitrogens with zero attached hydrogens (tertiary/aromatic N) is 1. The second-order valence-electron chi connectivity index (χ2n) is 7.23. The molecule has 2 amide bonds. The number of carbonyl (C=O) groups excluding carboxylic acids is 2. The molecular formula is C22H26BrClN2O2. The molecule has 150 valence electrons. The minimum Gasteiger partial charge on any atom is -0.354 e. The van der Waals surface area contributed by atoms with E-state index in [9.17, 15) is 9.59 Å². The zero-order chi connectivity index (χ0) is 20.7. The Morgan fingerprint density at radius 3 is 2.46 bits per heavy atom. The van der Waals surface area contributed by atoms with E-state index in [1.54, 1.807) is 17.9 Å². The Labute approximate surface area is 180 Å². The highest BCUT2D eigenvalue weighted by Gasteiger charge is 2.26. The van der Waals surface area contributed by atoms with Crippen molar-refractivity contribution in [3.63, 3.8) is 0 Å². The fraction of sp³-hybridized carbons (Fsp3) is 0.364. The number of halogens is 2. The quantitative estimate of drug-likeness (QED) is 0.607. The molecule has 28 heavy (non-hydrogen) atoms. The third-order valence-corrected chi connectivity index (χ3v) is 5.26. The molecule has 0 heterocycles. The maximum absolute atomic E-state index is 13.1. The first-order chi connectivity index (χ1) is 13.3. The van der Waals surface area contributed by atoms with Crippen molar-refractivity contribution in [1.29, 1.82) is 0 Å². The van der Waals surface area contributed by atoms with Crippen molar-refractivity contribution in [3.8, 4) is 0 Å². The normalized spacial score (nSPS) is 11.9. The molecular weight excluding hydrogens is 440 g/mol. The molecule has 0 aliphatic carbocycles. The van der Waals surface area contributed by atoms with E-state index in [1.165, 1.54) is 0 Å². The molecule has 4 nitrogen and oxygen atoms in total. The Balaban J connectivity index is 2.22. The van der Waals surface area contributed by atoms with Crippen molar-refractivity contribution >= 4 is 39.3 Å². The number of nitrogens with one attached hydrogen (secondary N) is 1. The van der Waals surface area contributed by atoms with Gasteiger partial charge in [-0.1, -0.05) is 71.7 Å².